The summed E-state index contributed by atoms with van der Waals surface area (Å²) in [6.07, 6.45) is 0.978. The molecular formula is C10H17N5O3S2. The van der Waals surface area contributed by atoms with Crippen LogP contribution in [0.4, 0.5) is 5.13 Å². The van der Waals surface area contributed by atoms with E-state index < -0.39 is 10.0 Å². The van der Waals surface area contributed by atoms with Crippen molar-refractivity contribution in [2.24, 2.45) is 5.92 Å². The van der Waals surface area contributed by atoms with Gasteiger partial charge in [-0.2, -0.15) is 0 Å². The molecule has 0 aromatic carbocycles. The van der Waals surface area contributed by atoms with Crippen LogP contribution in [0.3, 0.4) is 0 Å². The Morgan fingerprint density at radius 2 is 2.25 bits per heavy atom. The van der Waals surface area contributed by atoms with Crippen molar-refractivity contribution >= 4 is 32.4 Å². The van der Waals surface area contributed by atoms with E-state index in [-0.39, 0.29) is 15.4 Å². The van der Waals surface area contributed by atoms with Crippen molar-refractivity contribution < 1.29 is 13.2 Å². The highest BCUT2D eigenvalue weighted by Crippen LogP contribution is 2.20. The minimum absolute atomic E-state index is 0.132. The van der Waals surface area contributed by atoms with Crippen LogP contribution in [-0.2, 0) is 14.8 Å². The molecule has 1 aliphatic heterocycles. The molecule has 0 radical (unpaired) electrons. The van der Waals surface area contributed by atoms with E-state index in [1.807, 2.05) is 7.05 Å². The minimum atomic E-state index is -3.66. The fourth-order valence-corrected chi connectivity index (χ4v) is 4.10. The van der Waals surface area contributed by atoms with E-state index in [2.05, 4.69) is 25.1 Å². The molecule has 10 heteroatoms. The van der Waals surface area contributed by atoms with Crippen molar-refractivity contribution in [2.75, 3.05) is 32.0 Å². The molecule has 1 saturated heterocycles. The highest BCUT2D eigenvalue weighted by atomic mass is 32.2. The number of anilines is 1. The van der Waals surface area contributed by atoms with Gasteiger partial charge in [0, 0.05) is 20.0 Å². The normalized spacial score (nSPS) is 20.2. The number of aromatic nitrogens is 2. The fourth-order valence-electron chi connectivity index (χ4n) is 2.00. The average Bonchev–Trinajstić information content (AvgIpc) is 2.95. The van der Waals surface area contributed by atoms with Crippen LogP contribution >= 0.6 is 11.3 Å². The van der Waals surface area contributed by atoms with Crippen molar-refractivity contribution in [3.05, 3.63) is 0 Å². The van der Waals surface area contributed by atoms with Crippen LogP contribution in [0.25, 0.3) is 0 Å². The Morgan fingerprint density at radius 3 is 2.85 bits per heavy atom. The van der Waals surface area contributed by atoms with Gasteiger partial charge in [0.1, 0.15) is 0 Å². The topological polar surface area (TPSA) is 104 Å². The molecule has 1 aliphatic rings. The lowest BCUT2D eigenvalue weighted by atomic mass is 10.1. The first-order valence-corrected chi connectivity index (χ1v) is 8.46. The number of likely N-dealkylation sites (tertiary alicyclic amines) is 1. The molecule has 2 heterocycles. The molecule has 0 aliphatic carbocycles. The molecule has 1 unspecified atom stereocenters. The van der Waals surface area contributed by atoms with Crippen molar-refractivity contribution in [1.82, 2.24) is 19.8 Å². The Morgan fingerprint density at radius 1 is 1.50 bits per heavy atom. The van der Waals surface area contributed by atoms with Crippen LogP contribution in [0.5, 0.6) is 0 Å². The summed E-state index contributed by atoms with van der Waals surface area (Å²) < 4.78 is 26.5. The van der Waals surface area contributed by atoms with Crippen LogP contribution in [0.15, 0.2) is 4.34 Å². The van der Waals surface area contributed by atoms with Gasteiger partial charge >= 0.3 is 0 Å². The summed E-state index contributed by atoms with van der Waals surface area (Å²) in [6, 6.07) is 0. The summed E-state index contributed by atoms with van der Waals surface area (Å²) in [5.74, 6) is 0.00422. The van der Waals surface area contributed by atoms with E-state index in [9.17, 15) is 13.2 Å². The van der Waals surface area contributed by atoms with E-state index in [0.29, 0.717) is 12.5 Å². The standard InChI is InChI=1S/C10H17N5O3S2/c1-7(16)12-9-13-14-10(19-9)20(17,18)11-5-8-3-4-15(2)6-8/h8,11H,3-6H2,1-2H3,(H,12,13,16). The van der Waals surface area contributed by atoms with Gasteiger partial charge < -0.3 is 10.2 Å². The second-order valence-electron chi connectivity index (χ2n) is 4.82. The maximum absolute atomic E-state index is 12.0. The number of carbonyl (C=O) groups is 1. The van der Waals surface area contributed by atoms with Gasteiger partial charge in [0.25, 0.3) is 10.0 Å². The lowest BCUT2D eigenvalue weighted by Gasteiger charge is -2.10. The molecule has 0 bridgehead atoms. The van der Waals surface area contributed by atoms with Crippen LogP contribution in [-0.4, -0.2) is 56.1 Å². The number of hydrogen-bond acceptors (Lipinski definition) is 7. The number of carbonyl (C=O) groups excluding carboxylic acids is 1. The third-order valence-electron chi connectivity index (χ3n) is 2.97. The monoisotopic (exact) mass is 319 g/mol. The van der Waals surface area contributed by atoms with Crippen molar-refractivity contribution in [2.45, 2.75) is 17.7 Å². The van der Waals surface area contributed by atoms with Crippen molar-refractivity contribution in [3.63, 3.8) is 0 Å². The van der Waals surface area contributed by atoms with E-state index in [1.165, 1.54) is 6.92 Å². The van der Waals surface area contributed by atoms with Gasteiger partial charge in [0.2, 0.25) is 15.4 Å². The molecule has 1 amide bonds. The van der Waals surface area contributed by atoms with Gasteiger partial charge in [-0.1, -0.05) is 11.3 Å². The Bertz CT molecular complexity index is 585. The van der Waals surface area contributed by atoms with E-state index in [1.54, 1.807) is 0 Å². The highest BCUT2D eigenvalue weighted by molar-refractivity contribution is 7.91. The Labute approximate surface area is 121 Å². The van der Waals surface area contributed by atoms with Crippen LogP contribution < -0.4 is 10.0 Å². The summed E-state index contributed by atoms with van der Waals surface area (Å²) in [7, 11) is -1.64. The van der Waals surface area contributed by atoms with Gasteiger partial charge in [-0.25, -0.2) is 13.1 Å². The largest absolute Gasteiger partial charge is 0.306 e. The molecule has 2 rings (SSSR count). The number of rotatable bonds is 5. The molecule has 112 valence electrons. The quantitative estimate of drug-likeness (QED) is 0.724. The highest BCUT2D eigenvalue weighted by Gasteiger charge is 2.24. The molecule has 1 fully saturated rings. The first kappa shape index (κ1) is 15.3. The SMILES string of the molecule is CC(=O)Nc1nnc(S(=O)(=O)NCC2CCN(C)C2)s1. The Kier molecular flexibility index (Phi) is 4.68. The lowest BCUT2D eigenvalue weighted by Crippen LogP contribution is -2.30. The second-order valence-corrected chi connectivity index (χ2v) is 7.74. The van der Waals surface area contributed by atoms with Gasteiger partial charge in [-0.3, -0.25) is 4.79 Å². The average molecular weight is 319 g/mol. The van der Waals surface area contributed by atoms with Crippen LogP contribution in [0.2, 0.25) is 0 Å². The number of amides is 1. The van der Waals surface area contributed by atoms with Crippen LogP contribution in [0, 0.1) is 5.92 Å². The molecule has 1 atom stereocenters. The zero-order chi connectivity index (χ0) is 14.8. The molecule has 0 spiro atoms. The van der Waals surface area contributed by atoms with E-state index in [0.717, 1.165) is 30.8 Å². The molecule has 2 N–H and O–H groups in total. The van der Waals surface area contributed by atoms with Gasteiger partial charge in [0.05, 0.1) is 0 Å². The van der Waals surface area contributed by atoms with Gasteiger partial charge in [0.15, 0.2) is 0 Å². The Hall–Kier alpha value is -1.10. The summed E-state index contributed by atoms with van der Waals surface area (Å²) in [5.41, 5.74) is 0. The summed E-state index contributed by atoms with van der Waals surface area (Å²) >= 11 is 0.836. The second kappa shape index (κ2) is 6.12. The predicted molar refractivity (Wildman–Crippen MR) is 75.0 cm³/mol. The lowest BCUT2D eigenvalue weighted by molar-refractivity contribution is -0.114. The number of nitrogens with zero attached hydrogens (tertiary/aromatic N) is 3. The molecular weight excluding hydrogens is 302 g/mol. The van der Waals surface area contributed by atoms with Gasteiger partial charge in [-0.05, 0) is 25.9 Å². The molecule has 1 aromatic rings. The van der Waals surface area contributed by atoms with E-state index in [4.69, 9.17) is 0 Å². The third-order valence-corrected chi connectivity index (χ3v) is 5.60. The number of nitrogens with one attached hydrogen (secondary N) is 2. The third kappa shape index (κ3) is 3.95. The molecule has 8 nitrogen and oxygen atoms in total. The number of hydrogen-bond donors (Lipinski definition) is 2. The first-order valence-electron chi connectivity index (χ1n) is 6.16. The maximum Gasteiger partial charge on any atom is 0.269 e. The zero-order valence-corrected chi connectivity index (χ0v) is 12.9. The number of sulfonamides is 1. The minimum Gasteiger partial charge on any atom is -0.306 e. The van der Waals surface area contributed by atoms with Crippen molar-refractivity contribution in [3.8, 4) is 0 Å². The van der Waals surface area contributed by atoms with Crippen LogP contribution in [0.1, 0.15) is 13.3 Å². The smallest absolute Gasteiger partial charge is 0.269 e. The molecule has 20 heavy (non-hydrogen) atoms. The Balaban J connectivity index is 1.95. The molecule has 0 saturated carbocycles. The van der Waals surface area contributed by atoms with E-state index >= 15 is 0 Å². The predicted octanol–water partition coefficient (Wildman–Crippen LogP) is -0.274. The fraction of sp³-hybridized carbons (Fsp3) is 0.700. The molecule has 1 aromatic heterocycles. The van der Waals surface area contributed by atoms with Gasteiger partial charge in [-0.15, -0.1) is 10.2 Å². The summed E-state index contributed by atoms with van der Waals surface area (Å²) in [5, 5.41) is 9.80. The summed E-state index contributed by atoms with van der Waals surface area (Å²) in [4.78, 5) is 13.0. The first-order chi connectivity index (χ1) is 9.37. The zero-order valence-electron chi connectivity index (χ0n) is 11.3. The maximum atomic E-state index is 12.0. The summed E-state index contributed by atoms with van der Waals surface area (Å²) in [6.45, 7) is 3.58. The van der Waals surface area contributed by atoms with Crippen molar-refractivity contribution in [1.29, 1.82) is 0 Å².